The highest BCUT2D eigenvalue weighted by Gasteiger charge is 2.33. The highest BCUT2D eigenvalue weighted by molar-refractivity contribution is 6.01. The average molecular weight is 474 g/mol. The van der Waals surface area contributed by atoms with Crippen molar-refractivity contribution in [2.45, 2.75) is 25.5 Å². The lowest BCUT2D eigenvalue weighted by Gasteiger charge is -2.31. The average Bonchev–Trinajstić information content (AvgIpc) is 3.18. The Morgan fingerprint density at radius 3 is 2.82 bits per heavy atom. The molecule has 0 saturated carbocycles. The van der Waals surface area contributed by atoms with Gasteiger partial charge >= 0.3 is 0 Å². The van der Waals surface area contributed by atoms with Gasteiger partial charge in [0.15, 0.2) is 0 Å². The van der Waals surface area contributed by atoms with Crippen LogP contribution in [0.5, 0.6) is 0 Å². The standard InChI is InChI=1S/C24H29F2N5O3/c25-22(26)16-29-7-5-21(34-13-8-29)24(32)31-15-17-2-1-6-27-23(17)28-19-4-3-18(14-20(19)31)30-9-11-33-12-10-30/h1-4,6,14,21-22H,5,7-13,15-16H2,(H,27,28). The predicted octanol–water partition coefficient (Wildman–Crippen LogP) is 2.86. The molecule has 4 heterocycles. The highest BCUT2D eigenvalue weighted by atomic mass is 19.3. The number of amides is 1. The van der Waals surface area contributed by atoms with Crippen LogP contribution in [0, 0.1) is 0 Å². The van der Waals surface area contributed by atoms with Gasteiger partial charge in [0, 0.05) is 43.6 Å². The van der Waals surface area contributed by atoms with Gasteiger partial charge in [-0.25, -0.2) is 13.8 Å². The third kappa shape index (κ3) is 4.98. The smallest absolute Gasteiger partial charge is 0.256 e. The summed E-state index contributed by atoms with van der Waals surface area (Å²) >= 11 is 0. The second kappa shape index (κ2) is 10.2. The molecule has 2 aromatic rings. The van der Waals surface area contributed by atoms with E-state index in [-0.39, 0.29) is 19.1 Å². The number of rotatable bonds is 4. The second-order valence-corrected chi connectivity index (χ2v) is 8.70. The normalized spacial score (nSPS) is 21.3. The largest absolute Gasteiger partial charge is 0.378 e. The number of hydrogen-bond acceptors (Lipinski definition) is 7. The first kappa shape index (κ1) is 22.9. The number of aromatic nitrogens is 1. The number of fused-ring (bicyclic) bond motifs is 2. The molecule has 1 unspecified atom stereocenters. The zero-order valence-corrected chi connectivity index (χ0v) is 19.0. The van der Waals surface area contributed by atoms with Gasteiger partial charge in [-0.15, -0.1) is 0 Å². The molecule has 34 heavy (non-hydrogen) atoms. The molecule has 1 atom stereocenters. The van der Waals surface area contributed by atoms with Gasteiger partial charge in [0.05, 0.1) is 44.3 Å². The SMILES string of the molecule is O=C(C1CCN(CC(F)F)CCO1)N1Cc2cccnc2Nc2ccc(N3CCOCC3)cc21. The van der Waals surface area contributed by atoms with Crippen molar-refractivity contribution in [1.29, 1.82) is 0 Å². The van der Waals surface area contributed by atoms with Crippen LogP contribution in [0.3, 0.4) is 0 Å². The molecule has 8 nitrogen and oxygen atoms in total. The van der Waals surface area contributed by atoms with Crippen LogP contribution in [0.1, 0.15) is 12.0 Å². The van der Waals surface area contributed by atoms with Gasteiger partial charge in [-0.2, -0.15) is 0 Å². The molecule has 182 valence electrons. The number of ether oxygens (including phenoxy) is 2. The van der Waals surface area contributed by atoms with E-state index >= 15 is 0 Å². The summed E-state index contributed by atoms with van der Waals surface area (Å²) in [4.78, 5) is 23.9. The van der Waals surface area contributed by atoms with Crippen molar-refractivity contribution in [2.75, 3.05) is 67.7 Å². The Hall–Kier alpha value is -2.82. The summed E-state index contributed by atoms with van der Waals surface area (Å²) < 4.78 is 37.1. The van der Waals surface area contributed by atoms with Gasteiger partial charge in [-0.3, -0.25) is 9.69 Å². The molecule has 10 heteroatoms. The Bertz CT molecular complexity index is 1020. The fraction of sp³-hybridized carbons (Fsp3) is 0.500. The predicted molar refractivity (Wildman–Crippen MR) is 125 cm³/mol. The Balaban J connectivity index is 1.44. The van der Waals surface area contributed by atoms with E-state index in [0.717, 1.165) is 35.7 Å². The van der Waals surface area contributed by atoms with Gasteiger partial charge in [0.1, 0.15) is 11.9 Å². The molecular formula is C24H29F2N5O3. The Morgan fingerprint density at radius 2 is 2.00 bits per heavy atom. The molecule has 1 aromatic heterocycles. The molecule has 0 radical (unpaired) electrons. The van der Waals surface area contributed by atoms with Crippen molar-refractivity contribution in [3.8, 4) is 0 Å². The summed E-state index contributed by atoms with van der Waals surface area (Å²) in [5, 5.41) is 3.38. The third-order valence-corrected chi connectivity index (χ3v) is 6.49. The first-order valence-corrected chi connectivity index (χ1v) is 11.7. The van der Waals surface area contributed by atoms with E-state index in [9.17, 15) is 13.6 Å². The number of nitrogens with one attached hydrogen (secondary N) is 1. The first-order valence-electron chi connectivity index (χ1n) is 11.7. The number of benzene rings is 1. The fourth-order valence-electron chi connectivity index (χ4n) is 4.69. The minimum atomic E-state index is -2.40. The van der Waals surface area contributed by atoms with Crippen LogP contribution in [0.2, 0.25) is 0 Å². The summed E-state index contributed by atoms with van der Waals surface area (Å²) in [6.45, 7) is 3.97. The summed E-state index contributed by atoms with van der Waals surface area (Å²) in [7, 11) is 0. The van der Waals surface area contributed by atoms with Gasteiger partial charge in [-0.1, -0.05) is 6.07 Å². The molecule has 3 aliphatic heterocycles. The van der Waals surface area contributed by atoms with Gasteiger partial charge < -0.3 is 24.6 Å². The molecular weight excluding hydrogens is 444 g/mol. The lowest BCUT2D eigenvalue weighted by Crippen LogP contribution is -2.41. The minimum absolute atomic E-state index is 0.169. The molecule has 1 N–H and O–H groups in total. The van der Waals surface area contributed by atoms with E-state index < -0.39 is 12.5 Å². The van der Waals surface area contributed by atoms with Crippen molar-refractivity contribution in [3.05, 3.63) is 42.1 Å². The van der Waals surface area contributed by atoms with Crippen LogP contribution in [0.15, 0.2) is 36.5 Å². The van der Waals surface area contributed by atoms with E-state index in [1.54, 1.807) is 16.0 Å². The molecule has 0 spiro atoms. The number of nitrogens with zero attached hydrogens (tertiary/aromatic N) is 4. The van der Waals surface area contributed by atoms with Crippen molar-refractivity contribution in [3.63, 3.8) is 0 Å². The van der Waals surface area contributed by atoms with Gasteiger partial charge in [-0.05, 0) is 30.7 Å². The van der Waals surface area contributed by atoms with Crippen LogP contribution in [-0.2, 0) is 20.8 Å². The Labute approximate surface area is 197 Å². The van der Waals surface area contributed by atoms with Crippen LogP contribution in [0.25, 0.3) is 0 Å². The van der Waals surface area contributed by atoms with Crippen LogP contribution in [-0.4, -0.2) is 80.9 Å². The Kier molecular flexibility index (Phi) is 6.89. The molecule has 2 saturated heterocycles. The number of pyridine rings is 1. The number of anilines is 4. The molecule has 2 fully saturated rings. The monoisotopic (exact) mass is 473 g/mol. The van der Waals surface area contributed by atoms with E-state index in [4.69, 9.17) is 9.47 Å². The third-order valence-electron chi connectivity index (χ3n) is 6.49. The quantitative estimate of drug-likeness (QED) is 0.732. The summed E-state index contributed by atoms with van der Waals surface area (Å²) in [5.41, 5.74) is 3.46. The maximum Gasteiger partial charge on any atom is 0.256 e. The summed E-state index contributed by atoms with van der Waals surface area (Å²) in [6.07, 6.45) is -1.01. The number of carbonyl (C=O) groups excluding carboxylic acids is 1. The van der Waals surface area contributed by atoms with E-state index in [2.05, 4.69) is 15.2 Å². The van der Waals surface area contributed by atoms with Crippen molar-refractivity contribution < 1.29 is 23.0 Å². The Morgan fingerprint density at radius 1 is 1.15 bits per heavy atom. The minimum Gasteiger partial charge on any atom is -0.378 e. The van der Waals surface area contributed by atoms with Crippen molar-refractivity contribution >= 4 is 28.8 Å². The van der Waals surface area contributed by atoms with Crippen LogP contribution >= 0.6 is 0 Å². The first-order chi connectivity index (χ1) is 16.6. The van der Waals surface area contributed by atoms with Crippen molar-refractivity contribution in [1.82, 2.24) is 9.88 Å². The number of halogens is 2. The lowest BCUT2D eigenvalue weighted by atomic mass is 10.1. The number of morpholine rings is 1. The van der Waals surface area contributed by atoms with Gasteiger partial charge in [0.25, 0.3) is 12.3 Å². The maximum atomic E-state index is 13.8. The molecule has 1 aromatic carbocycles. The number of hydrogen-bond donors (Lipinski definition) is 1. The van der Waals surface area contributed by atoms with Gasteiger partial charge in [0.2, 0.25) is 0 Å². The summed E-state index contributed by atoms with van der Waals surface area (Å²) in [6, 6.07) is 9.84. The molecule has 3 aliphatic rings. The zero-order chi connectivity index (χ0) is 23.5. The zero-order valence-electron chi connectivity index (χ0n) is 19.0. The van der Waals surface area contributed by atoms with E-state index in [1.807, 2.05) is 30.3 Å². The molecule has 0 bridgehead atoms. The second-order valence-electron chi connectivity index (χ2n) is 8.70. The number of alkyl halides is 2. The van der Waals surface area contributed by atoms with Crippen LogP contribution in [0.4, 0.5) is 31.7 Å². The van der Waals surface area contributed by atoms with Crippen molar-refractivity contribution in [2.24, 2.45) is 0 Å². The van der Waals surface area contributed by atoms with E-state index in [0.29, 0.717) is 45.1 Å². The maximum absolute atomic E-state index is 13.8. The topological polar surface area (TPSA) is 70.2 Å². The molecule has 0 aliphatic carbocycles. The fourth-order valence-corrected chi connectivity index (χ4v) is 4.69. The lowest BCUT2D eigenvalue weighted by molar-refractivity contribution is -0.129. The summed E-state index contributed by atoms with van der Waals surface area (Å²) in [5.74, 6) is 0.542. The molecule has 5 rings (SSSR count). The number of carbonyl (C=O) groups is 1. The highest BCUT2D eigenvalue weighted by Crippen LogP contribution is 2.38. The van der Waals surface area contributed by atoms with Crippen LogP contribution < -0.4 is 15.1 Å². The van der Waals surface area contributed by atoms with E-state index in [1.165, 1.54) is 0 Å². The molecule has 1 amide bonds.